The zero-order chi connectivity index (χ0) is 13.2. The number of benzene rings is 3. The van der Waals surface area contributed by atoms with Crippen LogP contribution in [0.4, 0.5) is 5.69 Å². The van der Waals surface area contributed by atoms with Gasteiger partial charge in [-0.1, -0.05) is 42.5 Å². The number of hydrogen-bond acceptors (Lipinski definition) is 2. The lowest BCUT2D eigenvalue weighted by Crippen LogP contribution is -2.00. The van der Waals surface area contributed by atoms with E-state index >= 15 is 0 Å². The predicted molar refractivity (Wildman–Crippen MR) is 77.1 cm³/mol. The predicted octanol–water partition coefficient (Wildman–Crippen LogP) is 3.45. The van der Waals surface area contributed by atoms with Crippen molar-refractivity contribution in [3.8, 4) is 0 Å². The fraction of sp³-hybridized carbons (Fsp3) is 0. The van der Waals surface area contributed by atoms with Gasteiger partial charge in [0.25, 0.3) is 0 Å². The van der Waals surface area contributed by atoms with Crippen LogP contribution in [0.1, 0.15) is 15.9 Å². The van der Waals surface area contributed by atoms with Crippen molar-refractivity contribution < 1.29 is 4.79 Å². The van der Waals surface area contributed by atoms with E-state index in [0.717, 1.165) is 10.8 Å². The molecule has 0 aliphatic rings. The number of ketones is 1. The van der Waals surface area contributed by atoms with Crippen molar-refractivity contribution in [1.29, 1.82) is 0 Å². The van der Waals surface area contributed by atoms with E-state index in [-0.39, 0.29) is 5.78 Å². The quantitative estimate of drug-likeness (QED) is 0.556. The lowest BCUT2D eigenvalue weighted by atomic mass is 10.00. The molecular formula is C17H12NO. The van der Waals surface area contributed by atoms with Crippen molar-refractivity contribution in [2.24, 2.45) is 0 Å². The van der Waals surface area contributed by atoms with Crippen LogP contribution in [0.2, 0.25) is 0 Å². The first-order valence-electron chi connectivity index (χ1n) is 6.05. The summed E-state index contributed by atoms with van der Waals surface area (Å²) < 4.78 is 0. The van der Waals surface area contributed by atoms with Crippen molar-refractivity contribution in [3.05, 3.63) is 77.9 Å². The topological polar surface area (TPSA) is 43.1 Å². The molecule has 3 aromatic rings. The monoisotopic (exact) mass is 246 g/mol. The summed E-state index contributed by atoms with van der Waals surface area (Å²) in [6.07, 6.45) is 0. The van der Waals surface area contributed by atoms with Crippen LogP contribution in [0.15, 0.2) is 60.7 Å². The highest BCUT2D eigenvalue weighted by Gasteiger charge is 2.08. The number of nitrogen functional groups attached to an aromatic ring is 1. The first kappa shape index (κ1) is 11.5. The van der Waals surface area contributed by atoms with E-state index in [1.54, 1.807) is 0 Å². The smallest absolute Gasteiger partial charge is 0.193 e. The van der Waals surface area contributed by atoms with Gasteiger partial charge in [0, 0.05) is 22.9 Å². The van der Waals surface area contributed by atoms with Crippen LogP contribution in [-0.2, 0) is 0 Å². The van der Waals surface area contributed by atoms with Gasteiger partial charge < -0.3 is 5.73 Å². The largest absolute Gasteiger partial charge is 0.398 e. The molecule has 0 unspecified atom stereocenters. The third kappa shape index (κ3) is 2.20. The number of carbonyl (C=O) groups is 1. The molecule has 0 saturated heterocycles. The molecule has 0 heterocycles. The summed E-state index contributed by atoms with van der Waals surface area (Å²) in [5.74, 6) is 0.0272. The average Bonchev–Trinajstić information content (AvgIpc) is 2.47. The third-order valence-electron chi connectivity index (χ3n) is 3.09. The maximum atomic E-state index is 12.3. The molecule has 0 fully saturated rings. The molecule has 2 N–H and O–H groups in total. The normalized spacial score (nSPS) is 10.5. The SMILES string of the molecule is Nc1[c]cc2cc(C(=O)c3ccccc3)ccc2c1. The second kappa shape index (κ2) is 4.58. The summed E-state index contributed by atoms with van der Waals surface area (Å²) in [5.41, 5.74) is 7.67. The van der Waals surface area contributed by atoms with Crippen molar-refractivity contribution in [2.75, 3.05) is 5.73 Å². The van der Waals surface area contributed by atoms with Crippen molar-refractivity contribution in [2.45, 2.75) is 0 Å². The standard InChI is InChI=1S/C17H12NO/c18-16-9-8-13-10-15(7-6-14(13)11-16)17(19)12-4-2-1-3-5-12/h1-8,10-11H,18H2. The average molecular weight is 246 g/mol. The van der Waals surface area contributed by atoms with E-state index < -0.39 is 0 Å². The number of anilines is 1. The van der Waals surface area contributed by atoms with Gasteiger partial charge in [0.1, 0.15) is 0 Å². The Morgan fingerprint density at radius 2 is 1.68 bits per heavy atom. The Morgan fingerprint density at radius 1 is 0.895 bits per heavy atom. The number of fused-ring (bicyclic) bond motifs is 1. The van der Waals surface area contributed by atoms with Gasteiger partial charge in [-0.2, -0.15) is 0 Å². The summed E-state index contributed by atoms with van der Waals surface area (Å²) in [6, 6.07) is 21.5. The summed E-state index contributed by atoms with van der Waals surface area (Å²) in [6.45, 7) is 0. The summed E-state index contributed by atoms with van der Waals surface area (Å²) in [7, 11) is 0. The van der Waals surface area contributed by atoms with Gasteiger partial charge in [0.15, 0.2) is 5.78 Å². The second-order valence-electron chi connectivity index (χ2n) is 4.43. The van der Waals surface area contributed by atoms with Gasteiger partial charge in [-0.25, -0.2) is 0 Å². The Kier molecular flexibility index (Phi) is 2.76. The van der Waals surface area contributed by atoms with E-state index in [2.05, 4.69) is 6.07 Å². The van der Waals surface area contributed by atoms with Gasteiger partial charge in [-0.15, -0.1) is 0 Å². The van der Waals surface area contributed by atoms with Crippen LogP contribution in [0.25, 0.3) is 10.8 Å². The fourth-order valence-corrected chi connectivity index (χ4v) is 2.10. The highest BCUT2D eigenvalue weighted by atomic mass is 16.1. The van der Waals surface area contributed by atoms with Gasteiger partial charge in [0.05, 0.1) is 0 Å². The lowest BCUT2D eigenvalue weighted by molar-refractivity contribution is 0.103. The van der Waals surface area contributed by atoms with Gasteiger partial charge in [-0.05, 0) is 29.0 Å². The molecule has 91 valence electrons. The molecule has 1 radical (unpaired) electrons. The molecule has 0 spiro atoms. The van der Waals surface area contributed by atoms with Crippen molar-refractivity contribution in [1.82, 2.24) is 0 Å². The van der Waals surface area contributed by atoms with Crippen molar-refractivity contribution >= 4 is 22.2 Å². The number of rotatable bonds is 2. The molecule has 0 atom stereocenters. The Hall–Kier alpha value is -2.61. The highest BCUT2D eigenvalue weighted by molar-refractivity contribution is 6.10. The zero-order valence-corrected chi connectivity index (χ0v) is 10.3. The van der Waals surface area contributed by atoms with Gasteiger partial charge >= 0.3 is 0 Å². The molecule has 3 rings (SSSR count). The minimum Gasteiger partial charge on any atom is -0.398 e. The molecule has 3 aromatic carbocycles. The minimum atomic E-state index is 0.0272. The Balaban J connectivity index is 2.07. The van der Waals surface area contributed by atoms with Crippen LogP contribution in [0.3, 0.4) is 0 Å². The highest BCUT2D eigenvalue weighted by Crippen LogP contribution is 2.20. The van der Waals surface area contributed by atoms with Crippen molar-refractivity contribution in [3.63, 3.8) is 0 Å². The Morgan fingerprint density at radius 3 is 2.47 bits per heavy atom. The zero-order valence-electron chi connectivity index (χ0n) is 10.3. The van der Waals surface area contributed by atoms with Gasteiger partial charge in [-0.3, -0.25) is 4.79 Å². The molecule has 19 heavy (non-hydrogen) atoms. The maximum absolute atomic E-state index is 12.3. The number of nitrogens with two attached hydrogens (primary N) is 1. The van der Waals surface area contributed by atoms with Crippen LogP contribution >= 0.6 is 0 Å². The molecule has 0 bridgehead atoms. The van der Waals surface area contributed by atoms with Crippen LogP contribution < -0.4 is 5.73 Å². The third-order valence-corrected chi connectivity index (χ3v) is 3.09. The summed E-state index contributed by atoms with van der Waals surface area (Å²) in [5, 5.41) is 1.98. The molecule has 2 heteroatoms. The van der Waals surface area contributed by atoms with E-state index in [9.17, 15) is 4.79 Å². The summed E-state index contributed by atoms with van der Waals surface area (Å²) in [4.78, 5) is 12.3. The maximum Gasteiger partial charge on any atom is 0.193 e. The minimum absolute atomic E-state index is 0.0272. The Bertz CT molecular complexity index is 748. The first-order chi connectivity index (χ1) is 9.24. The Labute approximate surface area is 111 Å². The van der Waals surface area contributed by atoms with E-state index in [4.69, 9.17) is 5.73 Å². The molecule has 0 amide bonds. The van der Waals surface area contributed by atoms with Gasteiger partial charge in [0.2, 0.25) is 0 Å². The fourth-order valence-electron chi connectivity index (χ4n) is 2.10. The van der Waals surface area contributed by atoms with Crippen LogP contribution in [-0.4, -0.2) is 5.78 Å². The molecular weight excluding hydrogens is 234 g/mol. The number of carbonyl (C=O) groups excluding carboxylic acids is 1. The molecule has 0 aromatic heterocycles. The molecule has 0 saturated carbocycles. The molecule has 0 aliphatic heterocycles. The first-order valence-corrected chi connectivity index (χ1v) is 6.05. The number of hydrogen-bond donors (Lipinski definition) is 1. The lowest BCUT2D eigenvalue weighted by Gasteiger charge is -2.04. The van der Waals surface area contributed by atoms with E-state index in [1.165, 1.54) is 0 Å². The van der Waals surface area contributed by atoms with Crippen LogP contribution in [0, 0.1) is 6.07 Å². The second-order valence-corrected chi connectivity index (χ2v) is 4.43. The molecule has 0 aliphatic carbocycles. The van der Waals surface area contributed by atoms with E-state index in [1.807, 2.05) is 60.7 Å². The van der Waals surface area contributed by atoms with E-state index in [0.29, 0.717) is 16.8 Å². The molecule has 2 nitrogen and oxygen atoms in total. The summed E-state index contributed by atoms with van der Waals surface area (Å²) >= 11 is 0. The van der Waals surface area contributed by atoms with Crippen LogP contribution in [0.5, 0.6) is 0 Å².